The molecule has 1 aromatic rings. The molecular formula is C19H22N4O3S2. The number of nitriles is 1. The largest absolute Gasteiger partial charge is 0.378 e. The van der Waals surface area contributed by atoms with Crippen LogP contribution in [0, 0.1) is 18.3 Å². The quantitative estimate of drug-likeness (QED) is 0.549. The molecule has 9 heteroatoms. The molecule has 0 aliphatic carbocycles. The third-order valence-corrected chi connectivity index (χ3v) is 6.22. The highest BCUT2D eigenvalue weighted by molar-refractivity contribution is 8.26. The number of hydrogen-bond acceptors (Lipinski definition) is 7. The van der Waals surface area contributed by atoms with Crippen LogP contribution in [0.25, 0.3) is 6.08 Å². The normalized spacial score (nSPS) is 19.1. The maximum absolute atomic E-state index is 12.8. The van der Waals surface area contributed by atoms with Crippen molar-refractivity contribution >= 4 is 46.1 Å². The summed E-state index contributed by atoms with van der Waals surface area (Å²) in [4.78, 5) is 29.7. The Bertz CT molecular complexity index is 969. The maximum Gasteiger partial charge on any atom is 0.270 e. The minimum Gasteiger partial charge on any atom is -0.378 e. The fourth-order valence-electron chi connectivity index (χ4n) is 3.43. The molecule has 2 aliphatic heterocycles. The molecule has 0 unspecified atom stereocenters. The fraction of sp³-hybridized carbons (Fsp3) is 0.474. The molecule has 1 amide bonds. The zero-order valence-corrected chi connectivity index (χ0v) is 17.9. The van der Waals surface area contributed by atoms with Gasteiger partial charge in [-0.25, -0.2) is 0 Å². The SMILES string of the molecule is Cc1c(/C=C2\SC(=S)N(C(C)C)C2=O)c(N2CCOCC2)n(C)c(=O)c1C#N. The van der Waals surface area contributed by atoms with Crippen LogP contribution in [0.1, 0.15) is 30.5 Å². The summed E-state index contributed by atoms with van der Waals surface area (Å²) in [7, 11) is 1.66. The summed E-state index contributed by atoms with van der Waals surface area (Å²) in [5.74, 6) is 0.546. The van der Waals surface area contributed by atoms with Crippen molar-refractivity contribution in [2.75, 3.05) is 31.2 Å². The number of rotatable bonds is 3. The molecule has 3 rings (SSSR count). The van der Waals surface area contributed by atoms with Crippen molar-refractivity contribution in [3.63, 3.8) is 0 Å². The molecule has 0 N–H and O–H groups in total. The molecule has 3 heterocycles. The van der Waals surface area contributed by atoms with Crippen LogP contribution in [0.2, 0.25) is 0 Å². The molecule has 0 spiro atoms. The number of ether oxygens (including phenoxy) is 1. The molecule has 0 bridgehead atoms. The van der Waals surface area contributed by atoms with Gasteiger partial charge < -0.3 is 9.64 Å². The van der Waals surface area contributed by atoms with Crippen LogP contribution < -0.4 is 10.5 Å². The van der Waals surface area contributed by atoms with E-state index in [0.717, 1.165) is 0 Å². The smallest absolute Gasteiger partial charge is 0.270 e. The number of thioether (sulfide) groups is 1. The van der Waals surface area contributed by atoms with E-state index in [1.807, 2.05) is 19.9 Å². The zero-order chi connectivity index (χ0) is 20.6. The third kappa shape index (κ3) is 3.48. The van der Waals surface area contributed by atoms with Crippen LogP contribution in [0.5, 0.6) is 0 Å². The van der Waals surface area contributed by atoms with Gasteiger partial charge in [-0.15, -0.1) is 0 Å². The highest BCUT2D eigenvalue weighted by atomic mass is 32.2. The van der Waals surface area contributed by atoms with Crippen molar-refractivity contribution in [1.29, 1.82) is 5.26 Å². The maximum atomic E-state index is 12.8. The van der Waals surface area contributed by atoms with E-state index in [2.05, 4.69) is 4.90 Å². The van der Waals surface area contributed by atoms with Crippen LogP contribution >= 0.6 is 24.0 Å². The summed E-state index contributed by atoms with van der Waals surface area (Å²) >= 11 is 6.61. The first-order chi connectivity index (χ1) is 13.3. The molecule has 2 aliphatic rings. The monoisotopic (exact) mass is 418 g/mol. The Kier molecular flexibility index (Phi) is 5.93. The van der Waals surface area contributed by atoms with E-state index in [-0.39, 0.29) is 23.1 Å². The Labute approximate surface area is 173 Å². The average Bonchev–Trinajstić information content (AvgIpc) is 2.94. The number of amides is 1. The summed E-state index contributed by atoms with van der Waals surface area (Å²) < 4.78 is 7.44. The average molecular weight is 419 g/mol. The van der Waals surface area contributed by atoms with Crippen LogP contribution in [0.4, 0.5) is 5.82 Å². The summed E-state index contributed by atoms with van der Waals surface area (Å²) in [6.07, 6.45) is 1.77. The molecule has 0 saturated carbocycles. The lowest BCUT2D eigenvalue weighted by Crippen LogP contribution is -2.40. The van der Waals surface area contributed by atoms with Gasteiger partial charge in [-0.1, -0.05) is 24.0 Å². The molecule has 28 heavy (non-hydrogen) atoms. The Morgan fingerprint density at radius 2 is 1.93 bits per heavy atom. The number of carbonyl (C=O) groups excluding carboxylic acids is 1. The Morgan fingerprint density at radius 3 is 2.46 bits per heavy atom. The van der Waals surface area contributed by atoms with Crippen LogP contribution in [-0.2, 0) is 16.6 Å². The highest BCUT2D eigenvalue weighted by Gasteiger charge is 2.34. The lowest BCUT2D eigenvalue weighted by Gasteiger charge is -2.32. The number of hydrogen-bond donors (Lipinski definition) is 0. The van der Waals surface area contributed by atoms with Gasteiger partial charge in [0.2, 0.25) is 0 Å². The molecule has 2 saturated heterocycles. The van der Waals surface area contributed by atoms with E-state index < -0.39 is 0 Å². The van der Waals surface area contributed by atoms with Gasteiger partial charge >= 0.3 is 0 Å². The first kappa shape index (κ1) is 20.6. The number of pyridine rings is 1. The molecule has 0 atom stereocenters. The lowest BCUT2D eigenvalue weighted by molar-refractivity contribution is -0.123. The van der Waals surface area contributed by atoms with Crippen molar-refractivity contribution in [3.05, 3.63) is 31.9 Å². The van der Waals surface area contributed by atoms with Gasteiger partial charge in [0.15, 0.2) is 0 Å². The van der Waals surface area contributed by atoms with Crippen LogP contribution in [0.15, 0.2) is 9.70 Å². The van der Waals surface area contributed by atoms with E-state index in [4.69, 9.17) is 17.0 Å². The minimum atomic E-state index is -0.339. The summed E-state index contributed by atoms with van der Waals surface area (Å²) in [6, 6.07) is 1.98. The van der Waals surface area contributed by atoms with Gasteiger partial charge in [0.1, 0.15) is 21.8 Å². The van der Waals surface area contributed by atoms with Crippen molar-refractivity contribution in [2.45, 2.75) is 26.8 Å². The topological polar surface area (TPSA) is 78.6 Å². The predicted octanol–water partition coefficient (Wildman–Crippen LogP) is 2.01. The molecule has 1 aromatic heterocycles. The van der Waals surface area contributed by atoms with Crippen LogP contribution in [0.3, 0.4) is 0 Å². The van der Waals surface area contributed by atoms with E-state index in [0.29, 0.717) is 52.5 Å². The number of morpholine rings is 1. The van der Waals surface area contributed by atoms with E-state index in [1.165, 1.54) is 16.3 Å². The summed E-state index contributed by atoms with van der Waals surface area (Å²) in [5, 5.41) is 9.50. The van der Waals surface area contributed by atoms with Gasteiger partial charge in [-0.2, -0.15) is 5.26 Å². The van der Waals surface area contributed by atoms with Gasteiger partial charge in [0.05, 0.1) is 18.1 Å². The molecule has 2 fully saturated rings. The third-order valence-electron chi connectivity index (χ3n) is 4.89. The number of anilines is 1. The second-order valence-electron chi connectivity index (χ2n) is 6.96. The van der Waals surface area contributed by atoms with Crippen molar-refractivity contribution in [3.8, 4) is 6.07 Å². The standard InChI is InChI=1S/C19H22N4O3S2/c1-11(2)23-18(25)15(28-19(23)27)9-13-12(3)14(10-20)17(24)21(4)16(13)22-5-7-26-8-6-22/h9,11H,5-8H2,1-4H3/b15-9-. The molecular weight excluding hydrogens is 396 g/mol. The Balaban J connectivity index is 2.21. The molecule has 7 nitrogen and oxygen atoms in total. The number of aromatic nitrogens is 1. The number of nitrogens with zero attached hydrogens (tertiary/aromatic N) is 4. The lowest BCUT2D eigenvalue weighted by atomic mass is 10.0. The first-order valence-corrected chi connectivity index (χ1v) is 10.2. The van der Waals surface area contributed by atoms with Crippen molar-refractivity contribution in [1.82, 2.24) is 9.47 Å². The van der Waals surface area contributed by atoms with E-state index in [1.54, 1.807) is 24.9 Å². The number of carbonyl (C=O) groups is 1. The Morgan fingerprint density at radius 1 is 1.29 bits per heavy atom. The summed E-state index contributed by atoms with van der Waals surface area (Å²) in [6.45, 7) is 7.96. The fourth-order valence-corrected chi connectivity index (χ4v) is 4.93. The predicted molar refractivity (Wildman–Crippen MR) is 114 cm³/mol. The van der Waals surface area contributed by atoms with Gasteiger partial charge in [-0.05, 0) is 32.4 Å². The van der Waals surface area contributed by atoms with Crippen molar-refractivity contribution in [2.24, 2.45) is 7.05 Å². The van der Waals surface area contributed by atoms with Gasteiger partial charge in [-0.3, -0.25) is 19.1 Å². The molecule has 0 radical (unpaired) electrons. The van der Waals surface area contributed by atoms with Crippen LogP contribution in [-0.4, -0.2) is 52.0 Å². The summed E-state index contributed by atoms with van der Waals surface area (Å²) in [5.41, 5.74) is 1.02. The zero-order valence-electron chi connectivity index (χ0n) is 16.3. The molecule has 148 valence electrons. The number of thiocarbonyl (C=S) groups is 1. The minimum absolute atomic E-state index is 0.0343. The van der Waals surface area contributed by atoms with E-state index in [9.17, 15) is 14.9 Å². The first-order valence-electron chi connectivity index (χ1n) is 9.01. The van der Waals surface area contributed by atoms with Gasteiger partial charge in [0, 0.05) is 31.7 Å². The Hall–Kier alpha value is -2.15. The van der Waals surface area contributed by atoms with E-state index >= 15 is 0 Å². The highest BCUT2D eigenvalue weighted by Crippen LogP contribution is 2.36. The molecule has 0 aromatic carbocycles. The van der Waals surface area contributed by atoms with Crippen molar-refractivity contribution < 1.29 is 9.53 Å². The second kappa shape index (κ2) is 8.07. The van der Waals surface area contributed by atoms with Gasteiger partial charge in [0.25, 0.3) is 11.5 Å². The second-order valence-corrected chi connectivity index (χ2v) is 8.63.